The minimum atomic E-state index is 0.717. The summed E-state index contributed by atoms with van der Waals surface area (Å²) in [5, 5.41) is 0.744. The Morgan fingerprint density at radius 3 is 2.93 bits per heavy atom. The molecule has 0 aliphatic carbocycles. The molecule has 0 saturated heterocycles. The van der Waals surface area contributed by atoms with Gasteiger partial charge in [-0.1, -0.05) is 11.8 Å². The van der Waals surface area contributed by atoms with E-state index in [-0.39, 0.29) is 0 Å². The van der Waals surface area contributed by atoms with Crippen LogP contribution < -0.4 is 0 Å². The number of rotatable bonds is 3. The van der Waals surface area contributed by atoms with E-state index in [1.165, 1.54) is 23.1 Å². The second-order valence-corrected chi connectivity index (χ2v) is 4.64. The van der Waals surface area contributed by atoms with Crippen molar-refractivity contribution in [2.24, 2.45) is 0 Å². The van der Waals surface area contributed by atoms with Gasteiger partial charge in [0, 0.05) is 6.20 Å². The lowest BCUT2D eigenvalue weighted by Crippen LogP contribution is -1.86. The van der Waals surface area contributed by atoms with Crippen LogP contribution in [0.3, 0.4) is 0 Å². The Hall–Kier alpha value is -1.20. The lowest BCUT2D eigenvalue weighted by atomic mass is 10.3. The van der Waals surface area contributed by atoms with Crippen LogP contribution in [0.1, 0.15) is 9.67 Å². The molecule has 15 heavy (non-hydrogen) atoms. The van der Waals surface area contributed by atoms with Crippen LogP contribution in [0.4, 0.5) is 0 Å². The number of thioether (sulfide) groups is 1. The van der Waals surface area contributed by atoms with Crippen molar-refractivity contribution in [3.05, 3.63) is 29.3 Å². The SMILES string of the molecule is CSc1nccc(-c2ccc(C=O)s2)n1. The van der Waals surface area contributed by atoms with Gasteiger partial charge >= 0.3 is 0 Å². The van der Waals surface area contributed by atoms with Gasteiger partial charge in [-0.25, -0.2) is 9.97 Å². The monoisotopic (exact) mass is 236 g/mol. The fourth-order valence-electron chi connectivity index (χ4n) is 1.13. The molecule has 0 bridgehead atoms. The molecule has 0 N–H and O–H groups in total. The molecular formula is C10H8N2OS2. The summed E-state index contributed by atoms with van der Waals surface area (Å²) in [5.41, 5.74) is 0.868. The number of carbonyl (C=O) groups excluding carboxylic acids is 1. The van der Waals surface area contributed by atoms with E-state index in [9.17, 15) is 4.79 Å². The molecule has 2 heterocycles. The molecule has 0 fully saturated rings. The fourth-order valence-corrected chi connectivity index (χ4v) is 2.28. The zero-order valence-electron chi connectivity index (χ0n) is 8.01. The van der Waals surface area contributed by atoms with Gasteiger partial charge in [-0.05, 0) is 24.5 Å². The molecule has 2 rings (SSSR count). The maximum Gasteiger partial charge on any atom is 0.187 e. The Kier molecular flexibility index (Phi) is 3.13. The molecule has 0 spiro atoms. The molecule has 0 aromatic carbocycles. The second-order valence-electron chi connectivity index (χ2n) is 2.75. The van der Waals surface area contributed by atoms with Crippen LogP contribution in [0.5, 0.6) is 0 Å². The highest BCUT2D eigenvalue weighted by Crippen LogP contribution is 2.26. The fraction of sp³-hybridized carbons (Fsp3) is 0.100. The van der Waals surface area contributed by atoms with Crippen molar-refractivity contribution in [1.82, 2.24) is 9.97 Å². The molecule has 5 heteroatoms. The summed E-state index contributed by atoms with van der Waals surface area (Å²) in [5.74, 6) is 0. The molecule has 0 aliphatic heterocycles. The average molecular weight is 236 g/mol. The van der Waals surface area contributed by atoms with Gasteiger partial charge in [-0.3, -0.25) is 4.79 Å². The molecule has 0 amide bonds. The predicted octanol–water partition coefficient (Wildman–Crippen LogP) is 2.74. The first-order chi connectivity index (χ1) is 7.33. The Morgan fingerprint density at radius 2 is 2.27 bits per heavy atom. The first kappa shape index (κ1) is 10.3. The van der Waals surface area contributed by atoms with Gasteiger partial charge in [0.05, 0.1) is 15.4 Å². The standard InChI is InChI=1S/C10H8N2OS2/c1-14-10-11-5-4-8(12-10)9-3-2-7(6-13)15-9/h2-6H,1H3. The highest BCUT2D eigenvalue weighted by Gasteiger charge is 2.04. The van der Waals surface area contributed by atoms with Crippen molar-refractivity contribution < 1.29 is 4.79 Å². The van der Waals surface area contributed by atoms with E-state index in [4.69, 9.17) is 0 Å². The third-order valence-corrected chi connectivity index (χ3v) is 3.41. The van der Waals surface area contributed by atoms with Crippen molar-refractivity contribution in [3.63, 3.8) is 0 Å². The number of carbonyl (C=O) groups is 1. The highest BCUT2D eigenvalue weighted by molar-refractivity contribution is 7.98. The van der Waals surface area contributed by atoms with Crippen LogP contribution in [0.2, 0.25) is 0 Å². The maximum atomic E-state index is 10.5. The number of hydrogen-bond acceptors (Lipinski definition) is 5. The van der Waals surface area contributed by atoms with E-state index in [0.29, 0.717) is 4.88 Å². The summed E-state index contributed by atoms with van der Waals surface area (Å²) in [4.78, 5) is 20.7. The molecule has 2 aromatic rings. The van der Waals surface area contributed by atoms with Crippen LogP contribution in [0.15, 0.2) is 29.6 Å². The molecule has 0 radical (unpaired) electrons. The zero-order chi connectivity index (χ0) is 10.7. The topological polar surface area (TPSA) is 42.9 Å². The Labute approximate surface area is 95.6 Å². The molecule has 0 atom stereocenters. The van der Waals surface area contributed by atoms with Gasteiger partial charge in [0.1, 0.15) is 0 Å². The van der Waals surface area contributed by atoms with Crippen LogP contribution >= 0.6 is 23.1 Å². The minimum absolute atomic E-state index is 0.717. The lowest BCUT2D eigenvalue weighted by molar-refractivity contribution is 0.112. The molecule has 2 aromatic heterocycles. The first-order valence-corrected chi connectivity index (χ1v) is 6.30. The predicted molar refractivity (Wildman–Crippen MR) is 62.5 cm³/mol. The smallest absolute Gasteiger partial charge is 0.187 e. The maximum absolute atomic E-state index is 10.5. The molecule has 76 valence electrons. The average Bonchev–Trinajstić information content (AvgIpc) is 2.78. The number of nitrogens with zero attached hydrogens (tertiary/aromatic N) is 2. The van der Waals surface area contributed by atoms with Crippen LogP contribution in [0, 0.1) is 0 Å². The minimum Gasteiger partial charge on any atom is -0.297 e. The zero-order valence-corrected chi connectivity index (χ0v) is 9.64. The summed E-state index contributed by atoms with van der Waals surface area (Å²) in [6.45, 7) is 0. The van der Waals surface area contributed by atoms with Gasteiger partial charge in [0.15, 0.2) is 11.4 Å². The summed E-state index contributed by atoms with van der Waals surface area (Å²) >= 11 is 2.94. The molecular weight excluding hydrogens is 228 g/mol. The molecule has 0 aliphatic rings. The summed E-state index contributed by atoms with van der Waals surface area (Å²) in [6.07, 6.45) is 4.52. The first-order valence-electron chi connectivity index (χ1n) is 4.26. The van der Waals surface area contributed by atoms with E-state index in [1.807, 2.05) is 18.4 Å². The van der Waals surface area contributed by atoms with E-state index in [2.05, 4.69) is 9.97 Å². The Balaban J connectivity index is 2.39. The van der Waals surface area contributed by atoms with Gasteiger partial charge in [0.25, 0.3) is 0 Å². The van der Waals surface area contributed by atoms with E-state index < -0.39 is 0 Å². The molecule has 0 unspecified atom stereocenters. The van der Waals surface area contributed by atoms with Crippen LogP contribution in [-0.2, 0) is 0 Å². The van der Waals surface area contributed by atoms with Crippen molar-refractivity contribution in [2.45, 2.75) is 5.16 Å². The number of hydrogen-bond donors (Lipinski definition) is 0. The van der Waals surface area contributed by atoms with Crippen molar-refractivity contribution in [1.29, 1.82) is 0 Å². The van der Waals surface area contributed by atoms with Crippen LogP contribution in [-0.4, -0.2) is 22.5 Å². The summed E-state index contributed by atoms with van der Waals surface area (Å²) in [7, 11) is 0. The van der Waals surface area contributed by atoms with Crippen molar-refractivity contribution >= 4 is 29.4 Å². The largest absolute Gasteiger partial charge is 0.297 e. The van der Waals surface area contributed by atoms with E-state index in [0.717, 1.165) is 22.0 Å². The number of aldehydes is 1. The van der Waals surface area contributed by atoms with Crippen LogP contribution in [0.25, 0.3) is 10.6 Å². The third-order valence-electron chi connectivity index (χ3n) is 1.81. The Bertz CT molecular complexity index is 482. The van der Waals surface area contributed by atoms with Crippen molar-refractivity contribution in [3.8, 4) is 10.6 Å². The second kappa shape index (κ2) is 4.55. The summed E-state index contributed by atoms with van der Waals surface area (Å²) in [6, 6.07) is 5.55. The number of aromatic nitrogens is 2. The Morgan fingerprint density at radius 1 is 1.40 bits per heavy atom. The highest BCUT2D eigenvalue weighted by atomic mass is 32.2. The van der Waals surface area contributed by atoms with Gasteiger partial charge < -0.3 is 0 Å². The van der Waals surface area contributed by atoms with E-state index in [1.54, 1.807) is 12.3 Å². The number of thiophene rings is 1. The van der Waals surface area contributed by atoms with E-state index >= 15 is 0 Å². The normalized spacial score (nSPS) is 10.2. The van der Waals surface area contributed by atoms with Gasteiger partial charge in [-0.2, -0.15) is 0 Å². The third kappa shape index (κ3) is 2.24. The molecule has 0 saturated carbocycles. The van der Waals surface area contributed by atoms with Crippen molar-refractivity contribution in [2.75, 3.05) is 6.26 Å². The molecule has 3 nitrogen and oxygen atoms in total. The van der Waals surface area contributed by atoms with Gasteiger partial charge in [0.2, 0.25) is 0 Å². The van der Waals surface area contributed by atoms with Gasteiger partial charge in [-0.15, -0.1) is 11.3 Å². The quantitative estimate of drug-likeness (QED) is 0.467. The lowest BCUT2D eigenvalue weighted by Gasteiger charge is -1.97. The summed E-state index contributed by atoms with van der Waals surface area (Å²) < 4.78 is 0.